The molecule has 2 heterocycles. The van der Waals surface area contributed by atoms with Gasteiger partial charge in [-0.25, -0.2) is 9.31 Å². The van der Waals surface area contributed by atoms with E-state index in [9.17, 15) is 19.5 Å². The van der Waals surface area contributed by atoms with E-state index in [-0.39, 0.29) is 28.2 Å². The van der Waals surface area contributed by atoms with Crippen molar-refractivity contribution in [2.75, 3.05) is 12.3 Å². The zero-order chi connectivity index (χ0) is 23.5. The topological polar surface area (TPSA) is 124 Å². The van der Waals surface area contributed by atoms with Gasteiger partial charge in [-0.2, -0.15) is 5.10 Å². The van der Waals surface area contributed by atoms with Gasteiger partial charge in [-0.3, -0.25) is 9.59 Å². The summed E-state index contributed by atoms with van der Waals surface area (Å²) in [4.78, 5) is 35.3. The van der Waals surface area contributed by atoms with Crippen molar-refractivity contribution in [1.82, 2.24) is 9.61 Å². The number of nitrogen functional groups attached to an aromatic ring is 1. The van der Waals surface area contributed by atoms with Gasteiger partial charge in [0.25, 0.3) is 6.29 Å². The van der Waals surface area contributed by atoms with E-state index in [0.29, 0.717) is 17.5 Å². The van der Waals surface area contributed by atoms with Crippen molar-refractivity contribution in [1.29, 1.82) is 0 Å². The lowest BCUT2D eigenvalue weighted by atomic mass is 10.0. The number of ketones is 1. The number of carbonyl (C=O) groups is 2. The largest absolute Gasteiger partial charge is 0.479 e. The third-order valence-electron chi connectivity index (χ3n) is 5.36. The van der Waals surface area contributed by atoms with E-state index in [2.05, 4.69) is 5.10 Å². The van der Waals surface area contributed by atoms with Gasteiger partial charge in [0.15, 0.2) is 12.4 Å². The summed E-state index contributed by atoms with van der Waals surface area (Å²) in [5.41, 5.74) is 9.93. The van der Waals surface area contributed by atoms with E-state index in [4.69, 9.17) is 10.5 Å². The average molecular weight is 442 g/mol. The summed E-state index contributed by atoms with van der Waals surface area (Å²) in [6.07, 6.45) is 1.84. The zero-order valence-corrected chi connectivity index (χ0v) is 17.7. The van der Waals surface area contributed by atoms with E-state index < -0.39 is 18.4 Å². The number of anilines is 1. The molecule has 0 amide bonds. The smallest absolute Gasteiger partial charge is 0.341 e. The molecular weight excluding hydrogens is 422 g/mol. The van der Waals surface area contributed by atoms with Crippen LogP contribution in [0.2, 0.25) is 0 Å². The van der Waals surface area contributed by atoms with Gasteiger partial charge in [0.1, 0.15) is 11.2 Å². The van der Waals surface area contributed by atoms with E-state index in [1.165, 1.54) is 6.29 Å². The van der Waals surface area contributed by atoms with Crippen molar-refractivity contribution >= 4 is 29.2 Å². The highest BCUT2D eigenvalue weighted by atomic mass is 16.5. The summed E-state index contributed by atoms with van der Waals surface area (Å²) >= 11 is 0. The fraction of sp³-hybridized carbons (Fsp3) is 0.120. The Hall–Kier alpha value is -4.46. The molecule has 0 bridgehead atoms. The summed E-state index contributed by atoms with van der Waals surface area (Å²) in [5, 5.41) is 13.9. The van der Waals surface area contributed by atoms with Crippen LogP contribution in [0.25, 0.3) is 16.8 Å². The molecule has 33 heavy (non-hydrogen) atoms. The summed E-state index contributed by atoms with van der Waals surface area (Å²) in [6.45, 7) is 1.09. The second kappa shape index (κ2) is 8.96. The molecule has 4 rings (SSSR count). The molecule has 1 radical (unpaired) electrons. The van der Waals surface area contributed by atoms with E-state index in [1.54, 1.807) is 34.8 Å². The van der Waals surface area contributed by atoms with Crippen LogP contribution in [0.3, 0.4) is 0 Å². The Morgan fingerprint density at radius 3 is 2.33 bits per heavy atom. The van der Waals surface area contributed by atoms with Crippen LogP contribution < -0.4 is 10.5 Å². The summed E-state index contributed by atoms with van der Waals surface area (Å²) in [5.74, 6) is -2.36. The summed E-state index contributed by atoms with van der Waals surface area (Å²) in [6, 6.07) is 18.5. The van der Waals surface area contributed by atoms with Gasteiger partial charge in [-0.1, -0.05) is 60.7 Å². The van der Waals surface area contributed by atoms with E-state index in [0.717, 1.165) is 11.3 Å². The molecule has 2 aromatic heterocycles. The lowest BCUT2D eigenvalue weighted by Gasteiger charge is -2.15. The number of benzene rings is 2. The fourth-order valence-corrected chi connectivity index (χ4v) is 3.78. The molecule has 4 aromatic rings. The third-order valence-corrected chi connectivity index (χ3v) is 5.36. The van der Waals surface area contributed by atoms with Gasteiger partial charge in [0, 0.05) is 12.0 Å². The number of carboxylic acids is 1. The molecule has 165 valence electrons. The number of fused-ring (bicyclic) bond motifs is 1. The van der Waals surface area contributed by atoms with Crippen LogP contribution in [-0.2, 0) is 16.0 Å². The minimum atomic E-state index is -1.24. The first kappa shape index (κ1) is 21.8. The predicted molar refractivity (Wildman–Crippen MR) is 122 cm³/mol. The molecule has 8 nitrogen and oxygen atoms in total. The summed E-state index contributed by atoms with van der Waals surface area (Å²) < 4.78 is 7.12. The van der Waals surface area contributed by atoms with Crippen molar-refractivity contribution in [3.8, 4) is 17.0 Å². The van der Waals surface area contributed by atoms with Crippen molar-refractivity contribution < 1.29 is 24.2 Å². The van der Waals surface area contributed by atoms with Gasteiger partial charge >= 0.3 is 5.97 Å². The number of aliphatic carboxylic acids is 1. The van der Waals surface area contributed by atoms with Crippen molar-refractivity contribution in [3.63, 3.8) is 0 Å². The number of nitrogens with two attached hydrogens (primary N) is 1. The second-order valence-electron chi connectivity index (χ2n) is 7.44. The lowest BCUT2D eigenvalue weighted by Crippen LogP contribution is -2.16. The number of Topliss-reactive ketones (excluding diaryl/α,β-unsaturated/α-hetero) is 1. The highest BCUT2D eigenvalue weighted by molar-refractivity contribution is 6.36. The number of ether oxygens (including phenoxy) is 1. The van der Waals surface area contributed by atoms with Gasteiger partial charge in [-0.15, -0.1) is 0 Å². The molecule has 0 spiro atoms. The Bertz CT molecular complexity index is 1360. The Morgan fingerprint density at radius 1 is 1.09 bits per heavy atom. The van der Waals surface area contributed by atoms with Crippen LogP contribution in [0.5, 0.6) is 5.75 Å². The number of aromatic nitrogens is 2. The molecule has 0 saturated heterocycles. The van der Waals surface area contributed by atoms with Gasteiger partial charge in [0.05, 0.1) is 16.9 Å². The maximum Gasteiger partial charge on any atom is 0.341 e. The van der Waals surface area contributed by atoms with Gasteiger partial charge < -0.3 is 15.6 Å². The van der Waals surface area contributed by atoms with Crippen LogP contribution in [0, 0.1) is 6.92 Å². The van der Waals surface area contributed by atoms with Crippen LogP contribution in [0.4, 0.5) is 5.69 Å². The Labute approximate surface area is 189 Å². The number of carbonyl (C=O) groups excluding carboxylic acids is 2. The van der Waals surface area contributed by atoms with Crippen LogP contribution in [-0.4, -0.2) is 39.4 Å². The molecular formula is C25H20N3O5. The highest BCUT2D eigenvalue weighted by Gasteiger charge is 2.29. The highest BCUT2D eigenvalue weighted by Crippen LogP contribution is 2.39. The van der Waals surface area contributed by atoms with Crippen LogP contribution in [0.1, 0.15) is 27.2 Å². The van der Waals surface area contributed by atoms with Crippen molar-refractivity contribution in [3.05, 3.63) is 83.0 Å². The van der Waals surface area contributed by atoms with Gasteiger partial charge in [-0.05, 0) is 18.1 Å². The standard InChI is InChI=1S/C25H20N3O5/c1-15-18(12-16-8-4-2-5-9-16)28-24(22(15)26)25(33-14-20(31)32)21(19(30)13-29)23(27-28)17-10-6-3-7-11-17/h2-11H,12,14,26H2,1H3,(H,31,32). The minimum Gasteiger partial charge on any atom is -0.479 e. The van der Waals surface area contributed by atoms with Gasteiger partial charge in [0.2, 0.25) is 5.78 Å². The van der Waals surface area contributed by atoms with E-state index >= 15 is 0 Å². The molecule has 8 heteroatoms. The SMILES string of the molecule is Cc1c(N)c2c(OCC(=O)O)c(C(=O)[C]=O)c(-c3ccccc3)nn2c1Cc1ccccc1. The minimum absolute atomic E-state index is 0.112. The third kappa shape index (κ3) is 4.06. The molecule has 0 fully saturated rings. The normalized spacial score (nSPS) is 10.8. The van der Waals surface area contributed by atoms with Crippen molar-refractivity contribution in [2.45, 2.75) is 13.3 Å². The second-order valence-corrected chi connectivity index (χ2v) is 7.44. The Kier molecular flexibility index (Phi) is 5.91. The number of carboxylic acid groups (broad SMARTS) is 1. The first-order valence-electron chi connectivity index (χ1n) is 10.1. The maximum absolute atomic E-state index is 12.7. The first-order valence-corrected chi connectivity index (χ1v) is 10.1. The lowest BCUT2D eigenvalue weighted by molar-refractivity contribution is -0.139. The first-order chi connectivity index (χ1) is 15.9. The van der Waals surface area contributed by atoms with Crippen molar-refractivity contribution in [2.24, 2.45) is 0 Å². The van der Waals surface area contributed by atoms with E-state index in [1.807, 2.05) is 37.3 Å². The predicted octanol–water partition coefficient (Wildman–Crippen LogP) is 3.24. The molecule has 0 saturated carbocycles. The number of nitrogens with zero attached hydrogens (tertiary/aromatic N) is 2. The molecule has 0 aliphatic heterocycles. The molecule has 0 aliphatic carbocycles. The monoisotopic (exact) mass is 442 g/mol. The number of hydrogen-bond acceptors (Lipinski definition) is 6. The number of rotatable bonds is 8. The molecule has 0 atom stereocenters. The molecule has 0 aliphatic rings. The van der Waals surface area contributed by atoms with Crippen LogP contribution in [0.15, 0.2) is 60.7 Å². The molecule has 0 unspecified atom stereocenters. The summed E-state index contributed by atoms with van der Waals surface area (Å²) in [7, 11) is 0. The number of hydrogen-bond donors (Lipinski definition) is 2. The van der Waals surface area contributed by atoms with Crippen LogP contribution >= 0.6 is 0 Å². The zero-order valence-electron chi connectivity index (χ0n) is 17.7. The molecule has 2 aromatic carbocycles. The fourth-order valence-electron chi connectivity index (χ4n) is 3.78. The molecule has 3 N–H and O–H groups in total. The Morgan fingerprint density at radius 2 is 1.73 bits per heavy atom. The Balaban J connectivity index is 2.08. The quantitative estimate of drug-likeness (QED) is 0.317. The average Bonchev–Trinajstić information content (AvgIpc) is 3.07. The maximum atomic E-state index is 12.7.